The number of rotatable bonds is 10. The van der Waals surface area contributed by atoms with E-state index in [2.05, 4.69) is 10.6 Å². The zero-order chi connectivity index (χ0) is 29.7. The van der Waals surface area contributed by atoms with Gasteiger partial charge in [-0.05, 0) is 67.6 Å². The fourth-order valence-electron chi connectivity index (χ4n) is 5.69. The lowest BCUT2D eigenvalue weighted by atomic mass is 9.82. The second-order valence-corrected chi connectivity index (χ2v) is 13.2. The van der Waals surface area contributed by atoms with Crippen LogP contribution in [-0.4, -0.2) is 49.8 Å². The lowest BCUT2D eigenvalue weighted by molar-refractivity contribution is -0.118. The molecule has 0 aliphatic carbocycles. The Labute approximate surface area is 247 Å². The maximum absolute atomic E-state index is 15.2. The van der Waals surface area contributed by atoms with Gasteiger partial charge in [0.1, 0.15) is 5.82 Å². The largest absolute Gasteiger partial charge is 0.324 e. The Balaban J connectivity index is 1.54. The van der Waals surface area contributed by atoms with Crippen LogP contribution >= 0.6 is 11.6 Å². The van der Waals surface area contributed by atoms with E-state index in [-0.39, 0.29) is 29.2 Å². The Bertz CT molecular complexity index is 1440. The van der Waals surface area contributed by atoms with Crippen molar-refractivity contribution < 1.29 is 17.6 Å². The summed E-state index contributed by atoms with van der Waals surface area (Å²) < 4.78 is 43.9. The first-order valence-electron chi connectivity index (χ1n) is 13.9. The molecule has 1 fully saturated rings. The molecule has 4 rings (SSSR count). The molecule has 1 aliphatic rings. The van der Waals surface area contributed by atoms with E-state index < -0.39 is 33.8 Å². The molecule has 1 saturated heterocycles. The van der Waals surface area contributed by atoms with Gasteiger partial charge in [0.2, 0.25) is 15.9 Å². The number of carbonyl (C=O) groups excluding carboxylic acids is 1. The molecule has 0 bridgehead atoms. The van der Waals surface area contributed by atoms with Crippen LogP contribution in [0.2, 0.25) is 5.02 Å². The third-order valence-corrected chi connectivity index (χ3v) is 10.0. The third kappa shape index (κ3) is 7.16. The van der Waals surface area contributed by atoms with Crippen molar-refractivity contribution in [3.05, 3.63) is 94.8 Å². The van der Waals surface area contributed by atoms with Crippen LogP contribution in [0.25, 0.3) is 0 Å². The number of anilines is 1. The van der Waals surface area contributed by atoms with E-state index in [0.717, 1.165) is 5.56 Å². The van der Waals surface area contributed by atoms with E-state index in [1.807, 2.05) is 32.9 Å². The van der Waals surface area contributed by atoms with Crippen molar-refractivity contribution in [1.29, 1.82) is 0 Å². The Kier molecular flexibility index (Phi) is 10.2. The molecule has 1 aliphatic heterocycles. The van der Waals surface area contributed by atoms with Gasteiger partial charge in [0.15, 0.2) is 0 Å². The highest BCUT2D eigenvalue weighted by Gasteiger charge is 2.38. The van der Waals surface area contributed by atoms with Crippen LogP contribution in [-0.2, 0) is 21.2 Å². The van der Waals surface area contributed by atoms with Gasteiger partial charge >= 0.3 is 0 Å². The minimum absolute atomic E-state index is 0.0576. The number of piperazine rings is 1. The van der Waals surface area contributed by atoms with Gasteiger partial charge < -0.3 is 16.4 Å². The van der Waals surface area contributed by atoms with Gasteiger partial charge in [0.25, 0.3) is 0 Å². The van der Waals surface area contributed by atoms with Gasteiger partial charge in [-0.3, -0.25) is 4.79 Å². The molecule has 3 aromatic rings. The summed E-state index contributed by atoms with van der Waals surface area (Å²) in [6.45, 7) is 6.81. The molecule has 1 heterocycles. The third-order valence-electron chi connectivity index (χ3n) is 7.70. The molecule has 220 valence electrons. The molecule has 4 atom stereocenters. The molecule has 0 saturated carbocycles. The van der Waals surface area contributed by atoms with Crippen molar-refractivity contribution in [2.45, 2.75) is 62.6 Å². The predicted molar refractivity (Wildman–Crippen MR) is 162 cm³/mol. The molecule has 10 heteroatoms. The Morgan fingerprint density at radius 3 is 2.41 bits per heavy atom. The zero-order valence-corrected chi connectivity index (χ0v) is 25.1. The number of halogens is 2. The van der Waals surface area contributed by atoms with Gasteiger partial charge in [-0.25, -0.2) is 12.8 Å². The summed E-state index contributed by atoms with van der Waals surface area (Å²) >= 11 is 6.05. The first kappa shape index (κ1) is 31.1. The number of carbonyl (C=O) groups is 1. The molecule has 0 radical (unpaired) electrons. The first-order valence-corrected chi connectivity index (χ1v) is 15.7. The molecule has 0 spiro atoms. The highest BCUT2D eigenvalue weighted by atomic mass is 35.5. The molecule has 3 aromatic carbocycles. The lowest BCUT2D eigenvalue weighted by Gasteiger charge is -2.40. The van der Waals surface area contributed by atoms with Crippen molar-refractivity contribution >= 4 is 33.2 Å². The smallest absolute Gasteiger partial charge is 0.243 e. The normalized spacial score (nSPS) is 19.6. The quantitative estimate of drug-likeness (QED) is 0.298. The van der Waals surface area contributed by atoms with E-state index >= 15 is 4.39 Å². The van der Waals surface area contributed by atoms with Crippen LogP contribution in [0, 0.1) is 11.7 Å². The number of nitrogens with one attached hydrogen (secondary N) is 2. The minimum atomic E-state index is -3.76. The molecule has 41 heavy (non-hydrogen) atoms. The number of nitrogens with two attached hydrogens (primary N) is 1. The molecular formula is C31H38ClFN4O3S. The SMILES string of the molecule is CC(C)C(c1ccc(Cl)cc1)[C@H](N)C(=O)Nc1cccc(F)c1CC[C@H]1CNC[C@@H](C)N1S(=O)(=O)c1ccccc1. The summed E-state index contributed by atoms with van der Waals surface area (Å²) in [6, 6.07) is 18.6. The summed E-state index contributed by atoms with van der Waals surface area (Å²) in [4.78, 5) is 13.6. The van der Waals surface area contributed by atoms with Crippen LogP contribution in [0.15, 0.2) is 77.7 Å². The Morgan fingerprint density at radius 2 is 1.76 bits per heavy atom. The highest BCUT2D eigenvalue weighted by molar-refractivity contribution is 7.89. The number of amides is 1. The molecular weight excluding hydrogens is 563 g/mol. The van der Waals surface area contributed by atoms with Crippen molar-refractivity contribution in [1.82, 2.24) is 9.62 Å². The minimum Gasteiger partial charge on any atom is -0.324 e. The summed E-state index contributed by atoms with van der Waals surface area (Å²) in [5.74, 6) is -1.12. The van der Waals surface area contributed by atoms with E-state index in [9.17, 15) is 13.2 Å². The molecule has 1 amide bonds. The van der Waals surface area contributed by atoms with Crippen LogP contribution in [0.3, 0.4) is 0 Å². The number of hydrogen-bond donors (Lipinski definition) is 3. The monoisotopic (exact) mass is 600 g/mol. The van der Waals surface area contributed by atoms with Crippen LogP contribution < -0.4 is 16.4 Å². The maximum atomic E-state index is 15.2. The number of hydrogen-bond acceptors (Lipinski definition) is 5. The number of sulfonamides is 1. The maximum Gasteiger partial charge on any atom is 0.243 e. The molecule has 0 aromatic heterocycles. The highest BCUT2D eigenvalue weighted by Crippen LogP contribution is 2.31. The van der Waals surface area contributed by atoms with Crippen molar-refractivity contribution in [2.75, 3.05) is 18.4 Å². The summed E-state index contributed by atoms with van der Waals surface area (Å²) in [5, 5.41) is 6.75. The average Bonchev–Trinajstić information content (AvgIpc) is 2.94. The van der Waals surface area contributed by atoms with E-state index in [1.54, 1.807) is 48.5 Å². The van der Waals surface area contributed by atoms with Gasteiger partial charge in [0, 0.05) is 47.4 Å². The summed E-state index contributed by atoms with van der Waals surface area (Å²) in [7, 11) is -3.76. The van der Waals surface area contributed by atoms with Gasteiger partial charge in [-0.1, -0.05) is 61.8 Å². The summed E-state index contributed by atoms with van der Waals surface area (Å²) in [5.41, 5.74) is 8.02. The fourth-order valence-corrected chi connectivity index (χ4v) is 7.68. The standard InChI is InChI=1S/C31H38ClFN4O3S/c1-20(2)29(22-12-14-23(32)15-13-22)30(34)31(38)36-28-11-7-10-27(33)26(28)17-16-24-19-35-18-21(3)37(24)41(39,40)25-8-5-4-6-9-25/h4-15,20-21,24,29-30,35H,16-19,34H2,1-3H3,(H,36,38)/t21-,24+,29?,30+/m1/s1. The summed E-state index contributed by atoms with van der Waals surface area (Å²) in [6.07, 6.45) is 0.584. The molecule has 4 N–H and O–H groups in total. The Hall–Kier alpha value is -2.82. The van der Waals surface area contributed by atoms with Crippen molar-refractivity contribution in [3.8, 4) is 0 Å². The second kappa shape index (κ2) is 13.4. The lowest BCUT2D eigenvalue weighted by Crippen LogP contribution is -2.58. The number of benzene rings is 3. The van der Waals surface area contributed by atoms with E-state index in [0.29, 0.717) is 35.8 Å². The van der Waals surface area contributed by atoms with Crippen LogP contribution in [0.4, 0.5) is 10.1 Å². The van der Waals surface area contributed by atoms with Crippen molar-refractivity contribution in [2.24, 2.45) is 11.7 Å². The van der Waals surface area contributed by atoms with Gasteiger partial charge in [-0.15, -0.1) is 0 Å². The van der Waals surface area contributed by atoms with Crippen molar-refractivity contribution in [3.63, 3.8) is 0 Å². The van der Waals surface area contributed by atoms with Crippen LogP contribution in [0.1, 0.15) is 44.2 Å². The fraction of sp³-hybridized carbons (Fsp3) is 0.387. The van der Waals surface area contributed by atoms with E-state index in [4.69, 9.17) is 17.3 Å². The molecule has 7 nitrogen and oxygen atoms in total. The Morgan fingerprint density at radius 1 is 1.07 bits per heavy atom. The van der Waals surface area contributed by atoms with E-state index in [1.165, 1.54) is 16.4 Å². The number of nitrogens with zero attached hydrogens (tertiary/aromatic N) is 1. The second-order valence-electron chi connectivity index (χ2n) is 11.0. The van der Waals surface area contributed by atoms with Gasteiger partial charge in [0.05, 0.1) is 10.9 Å². The zero-order valence-electron chi connectivity index (χ0n) is 23.6. The first-order chi connectivity index (χ1) is 19.5. The average molecular weight is 601 g/mol. The van der Waals surface area contributed by atoms with Gasteiger partial charge in [-0.2, -0.15) is 4.31 Å². The van der Waals surface area contributed by atoms with Crippen LogP contribution in [0.5, 0.6) is 0 Å². The predicted octanol–water partition coefficient (Wildman–Crippen LogP) is 5.17. The topological polar surface area (TPSA) is 105 Å². The molecule has 1 unspecified atom stereocenters.